The smallest absolute Gasteiger partial charge is 0.311 e. The molecule has 0 N–H and O–H groups in total. The van der Waals surface area contributed by atoms with Crippen molar-refractivity contribution in [3.05, 3.63) is 40.4 Å². The van der Waals surface area contributed by atoms with E-state index in [2.05, 4.69) is 15.1 Å². The molecule has 0 atom stereocenters. The molecule has 0 radical (unpaired) electrons. The molecular weight excluding hydrogens is 284 g/mol. The van der Waals surface area contributed by atoms with E-state index in [1.165, 1.54) is 26.0 Å². The van der Waals surface area contributed by atoms with Crippen molar-refractivity contribution in [1.29, 1.82) is 0 Å². The van der Waals surface area contributed by atoms with Crippen LogP contribution in [0.1, 0.15) is 12.8 Å². The molecular formula is C15H16N4O3. The number of nitro benzene ring substituents is 1. The van der Waals surface area contributed by atoms with Crippen LogP contribution < -0.4 is 9.64 Å². The molecule has 2 heterocycles. The number of rotatable bonds is 4. The molecule has 7 nitrogen and oxygen atoms in total. The molecule has 22 heavy (non-hydrogen) atoms. The van der Waals surface area contributed by atoms with Gasteiger partial charge in [-0.05, 0) is 37.1 Å². The first-order chi connectivity index (χ1) is 10.7. The van der Waals surface area contributed by atoms with Gasteiger partial charge in [-0.3, -0.25) is 10.1 Å². The van der Waals surface area contributed by atoms with E-state index >= 15 is 0 Å². The molecule has 1 fully saturated rings. The zero-order valence-corrected chi connectivity index (χ0v) is 12.2. The second-order valence-corrected chi connectivity index (χ2v) is 5.11. The molecule has 2 aromatic rings. The van der Waals surface area contributed by atoms with E-state index in [4.69, 9.17) is 4.74 Å². The van der Waals surface area contributed by atoms with Crippen molar-refractivity contribution in [2.45, 2.75) is 12.8 Å². The highest BCUT2D eigenvalue weighted by Crippen LogP contribution is 2.31. The molecule has 0 aliphatic carbocycles. The molecule has 1 aromatic carbocycles. The maximum absolute atomic E-state index is 11.1. The molecule has 0 saturated carbocycles. The van der Waals surface area contributed by atoms with Crippen molar-refractivity contribution < 1.29 is 9.66 Å². The third-order valence-electron chi connectivity index (χ3n) is 3.75. The van der Waals surface area contributed by atoms with Gasteiger partial charge in [0.15, 0.2) is 11.6 Å². The van der Waals surface area contributed by atoms with Gasteiger partial charge in [0.05, 0.1) is 17.7 Å². The number of aromatic nitrogens is 2. The van der Waals surface area contributed by atoms with Gasteiger partial charge in [0, 0.05) is 24.7 Å². The number of nitro groups is 1. The Bertz CT molecular complexity index is 682. The van der Waals surface area contributed by atoms with Crippen LogP contribution in [0.2, 0.25) is 0 Å². The molecule has 1 saturated heterocycles. The number of anilines is 1. The molecule has 3 rings (SSSR count). The Morgan fingerprint density at radius 1 is 1.18 bits per heavy atom. The van der Waals surface area contributed by atoms with Crippen LogP contribution in [0.15, 0.2) is 30.3 Å². The SMILES string of the molecule is COc1ccc(-c2ccc(N3CCCC3)nn2)cc1[N+](=O)[O-]. The number of hydrogen-bond donors (Lipinski definition) is 0. The van der Waals surface area contributed by atoms with Crippen molar-refractivity contribution in [3.63, 3.8) is 0 Å². The third-order valence-corrected chi connectivity index (χ3v) is 3.75. The summed E-state index contributed by atoms with van der Waals surface area (Å²) in [5.41, 5.74) is 1.17. The highest BCUT2D eigenvalue weighted by Gasteiger charge is 2.17. The van der Waals surface area contributed by atoms with Crippen LogP contribution in [0.4, 0.5) is 11.5 Å². The minimum Gasteiger partial charge on any atom is -0.490 e. The van der Waals surface area contributed by atoms with Crippen LogP contribution in [0.5, 0.6) is 5.75 Å². The molecule has 7 heteroatoms. The summed E-state index contributed by atoms with van der Waals surface area (Å²) in [6, 6.07) is 8.52. The first-order valence-corrected chi connectivity index (χ1v) is 7.10. The van der Waals surface area contributed by atoms with Crippen molar-refractivity contribution in [3.8, 4) is 17.0 Å². The predicted molar refractivity (Wildman–Crippen MR) is 82.1 cm³/mol. The van der Waals surface area contributed by atoms with Crippen LogP contribution >= 0.6 is 0 Å². The van der Waals surface area contributed by atoms with E-state index in [0.717, 1.165) is 18.9 Å². The van der Waals surface area contributed by atoms with Gasteiger partial charge in [-0.15, -0.1) is 10.2 Å². The summed E-state index contributed by atoms with van der Waals surface area (Å²) in [4.78, 5) is 12.8. The van der Waals surface area contributed by atoms with Crippen molar-refractivity contribution >= 4 is 11.5 Å². The zero-order valence-electron chi connectivity index (χ0n) is 12.2. The summed E-state index contributed by atoms with van der Waals surface area (Å²) >= 11 is 0. The van der Waals surface area contributed by atoms with E-state index in [-0.39, 0.29) is 11.4 Å². The van der Waals surface area contributed by atoms with Gasteiger partial charge < -0.3 is 9.64 Å². The summed E-state index contributed by atoms with van der Waals surface area (Å²) in [7, 11) is 1.41. The van der Waals surface area contributed by atoms with Crippen molar-refractivity contribution in [2.75, 3.05) is 25.1 Å². The van der Waals surface area contributed by atoms with E-state index in [1.54, 1.807) is 12.1 Å². The second kappa shape index (κ2) is 5.97. The van der Waals surface area contributed by atoms with Crippen molar-refractivity contribution in [1.82, 2.24) is 10.2 Å². The van der Waals surface area contributed by atoms with E-state index < -0.39 is 4.92 Å². The highest BCUT2D eigenvalue weighted by atomic mass is 16.6. The van der Waals surface area contributed by atoms with Gasteiger partial charge in [0.2, 0.25) is 0 Å². The van der Waals surface area contributed by atoms with Gasteiger partial charge >= 0.3 is 5.69 Å². The molecule has 0 bridgehead atoms. The quantitative estimate of drug-likeness (QED) is 0.638. The fourth-order valence-corrected chi connectivity index (χ4v) is 2.59. The average Bonchev–Trinajstić information content (AvgIpc) is 3.09. The van der Waals surface area contributed by atoms with Crippen LogP contribution in [0.3, 0.4) is 0 Å². The molecule has 1 aromatic heterocycles. The van der Waals surface area contributed by atoms with Crippen LogP contribution in [0, 0.1) is 10.1 Å². The minimum absolute atomic E-state index is 0.0783. The Hall–Kier alpha value is -2.70. The summed E-state index contributed by atoms with van der Waals surface area (Å²) in [6.45, 7) is 2.00. The first kappa shape index (κ1) is 14.2. The topological polar surface area (TPSA) is 81.4 Å². The van der Waals surface area contributed by atoms with Crippen molar-refractivity contribution in [2.24, 2.45) is 0 Å². The maximum Gasteiger partial charge on any atom is 0.311 e. The third kappa shape index (κ3) is 2.69. The molecule has 0 spiro atoms. The highest BCUT2D eigenvalue weighted by molar-refractivity contribution is 5.66. The lowest BCUT2D eigenvalue weighted by Gasteiger charge is -2.15. The van der Waals surface area contributed by atoms with Gasteiger partial charge in [-0.25, -0.2) is 0 Å². The standard InChI is InChI=1S/C15H16N4O3/c1-22-14-6-4-11(10-13(14)19(20)21)12-5-7-15(17-16-12)18-8-2-3-9-18/h4-7,10H,2-3,8-9H2,1H3. The molecule has 114 valence electrons. The number of benzene rings is 1. The molecule has 0 amide bonds. The monoisotopic (exact) mass is 300 g/mol. The predicted octanol–water partition coefficient (Wildman–Crippen LogP) is 2.66. The van der Waals surface area contributed by atoms with E-state index in [0.29, 0.717) is 11.3 Å². The molecule has 0 unspecified atom stereocenters. The Balaban J connectivity index is 1.90. The lowest BCUT2D eigenvalue weighted by atomic mass is 10.1. The fraction of sp³-hybridized carbons (Fsp3) is 0.333. The molecule has 1 aliphatic heterocycles. The number of ether oxygens (including phenoxy) is 1. The normalized spacial score (nSPS) is 14.1. The second-order valence-electron chi connectivity index (χ2n) is 5.11. The lowest BCUT2D eigenvalue weighted by Crippen LogP contribution is -2.19. The van der Waals surface area contributed by atoms with Crippen LogP contribution in [0.25, 0.3) is 11.3 Å². The van der Waals surface area contributed by atoms with Gasteiger partial charge in [0.1, 0.15) is 0 Å². The van der Waals surface area contributed by atoms with E-state index in [9.17, 15) is 10.1 Å². The number of hydrogen-bond acceptors (Lipinski definition) is 6. The maximum atomic E-state index is 11.1. The summed E-state index contributed by atoms with van der Waals surface area (Å²) in [5, 5.41) is 19.5. The largest absolute Gasteiger partial charge is 0.490 e. The number of nitrogens with zero attached hydrogens (tertiary/aromatic N) is 4. The zero-order chi connectivity index (χ0) is 15.5. The number of methoxy groups -OCH3 is 1. The Labute approximate surface area is 127 Å². The van der Waals surface area contributed by atoms with Gasteiger partial charge in [-0.2, -0.15) is 0 Å². The Morgan fingerprint density at radius 3 is 2.55 bits per heavy atom. The summed E-state index contributed by atoms with van der Waals surface area (Å²) < 4.78 is 5.00. The van der Waals surface area contributed by atoms with Crippen LogP contribution in [-0.2, 0) is 0 Å². The van der Waals surface area contributed by atoms with Gasteiger partial charge in [0.25, 0.3) is 0 Å². The molecule has 1 aliphatic rings. The lowest BCUT2D eigenvalue weighted by molar-refractivity contribution is -0.385. The summed E-state index contributed by atoms with van der Waals surface area (Å²) in [5.74, 6) is 1.08. The average molecular weight is 300 g/mol. The first-order valence-electron chi connectivity index (χ1n) is 7.10. The fourth-order valence-electron chi connectivity index (χ4n) is 2.59. The Morgan fingerprint density at radius 2 is 1.95 bits per heavy atom. The van der Waals surface area contributed by atoms with Crippen LogP contribution in [-0.4, -0.2) is 35.3 Å². The van der Waals surface area contributed by atoms with E-state index in [1.807, 2.05) is 12.1 Å². The Kier molecular flexibility index (Phi) is 3.86. The van der Waals surface area contributed by atoms with Gasteiger partial charge in [-0.1, -0.05) is 0 Å². The summed E-state index contributed by atoms with van der Waals surface area (Å²) in [6.07, 6.45) is 2.35. The minimum atomic E-state index is -0.464.